The Morgan fingerprint density at radius 2 is 1.91 bits per heavy atom. The molecule has 2 atom stereocenters. The van der Waals surface area contributed by atoms with Crippen LogP contribution in [0, 0.1) is 0 Å². The van der Waals surface area contributed by atoms with E-state index in [2.05, 4.69) is 34.8 Å². The second kappa shape index (κ2) is 4.96. The number of hydrogen-bond acceptors (Lipinski definition) is 3. The maximum Gasteiger partial charge on any atom is 0.133 e. The Morgan fingerprint density at radius 1 is 1.09 bits per heavy atom. The maximum absolute atomic E-state index is 5.55. The van der Waals surface area contributed by atoms with Gasteiger partial charge in [-0.3, -0.25) is 4.68 Å². The van der Waals surface area contributed by atoms with Crippen LogP contribution in [0.2, 0.25) is 0 Å². The molecule has 0 saturated carbocycles. The van der Waals surface area contributed by atoms with Crippen molar-refractivity contribution in [2.24, 2.45) is 0 Å². The van der Waals surface area contributed by atoms with E-state index in [4.69, 9.17) is 9.52 Å². The van der Waals surface area contributed by atoms with Crippen LogP contribution in [0.4, 0.5) is 0 Å². The van der Waals surface area contributed by atoms with Crippen molar-refractivity contribution in [3.63, 3.8) is 0 Å². The highest BCUT2D eigenvalue weighted by atomic mass is 16.3. The summed E-state index contributed by atoms with van der Waals surface area (Å²) in [5, 5.41) is 5.95. The highest BCUT2D eigenvalue weighted by Gasteiger charge is 2.39. The minimum absolute atomic E-state index is 0.521. The van der Waals surface area contributed by atoms with E-state index in [1.54, 1.807) is 6.26 Å². The number of rotatable bonds is 2. The van der Waals surface area contributed by atoms with Crippen molar-refractivity contribution in [1.82, 2.24) is 14.7 Å². The molecule has 5 rings (SSSR count). The Labute approximate surface area is 135 Å². The first-order valence-corrected chi connectivity index (χ1v) is 8.52. The fourth-order valence-electron chi connectivity index (χ4n) is 4.51. The molecular formula is C19H21N3O. The lowest BCUT2D eigenvalue weighted by Crippen LogP contribution is -2.40. The SMILES string of the molecule is CN1C2CCC1CC(n1ncc3ccc(-c4ccco4)cc31)C2. The number of furan rings is 1. The van der Waals surface area contributed by atoms with Crippen molar-refractivity contribution in [3.8, 4) is 11.3 Å². The van der Waals surface area contributed by atoms with Gasteiger partial charge in [0.2, 0.25) is 0 Å². The number of aromatic nitrogens is 2. The smallest absolute Gasteiger partial charge is 0.133 e. The fourth-order valence-corrected chi connectivity index (χ4v) is 4.51. The van der Waals surface area contributed by atoms with Crippen LogP contribution in [0.15, 0.2) is 47.2 Å². The molecule has 2 aromatic heterocycles. The van der Waals surface area contributed by atoms with Gasteiger partial charge in [0.05, 0.1) is 24.0 Å². The van der Waals surface area contributed by atoms with Crippen LogP contribution < -0.4 is 0 Å². The normalized spacial score (nSPS) is 27.8. The van der Waals surface area contributed by atoms with Gasteiger partial charge in [0, 0.05) is 23.0 Å². The molecule has 4 nitrogen and oxygen atoms in total. The van der Waals surface area contributed by atoms with Gasteiger partial charge in [0.1, 0.15) is 5.76 Å². The zero-order valence-electron chi connectivity index (χ0n) is 13.4. The molecule has 0 aliphatic carbocycles. The van der Waals surface area contributed by atoms with Crippen molar-refractivity contribution in [2.45, 2.75) is 43.8 Å². The summed E-state index contributed by atoms with van der Waals surface area (Å²) in [5.74, 6) is 0.920. The molecule has 2 bridgehead atoms. The summed E-state index contributed by atoms with van der Waals surface area (Å²) in [6.07, 6.45) is 8.85. The van der Waals surface area contributed by atoms with Gasteiger partial charge >= 0.3 is 0 Å². The second-order valence-electron chi connectivity index (χ2n) is 7.02. The van der Waals surface area contributed by atoms with Crippen LogP contribution in [0.1, 0.15) is 31.7 Å². The van der Waals surface area contributed by atoms with E-state index in [-0.39, 0.29) is 0 Å². The molecule has 3 aromatic rings. The van der Waals surface area contributed by atoms with Crippen molar-refractivity contribution < 1.29 is 4.42 Å². The summed E-state index contributed by atoms with van der Waals surface area (Å²) >= 11 is 0. The molecule has 2 aliphatic rings. The average molecular weight is 307 g/mol. The molecule has 23 heavy (non-hydrogen) atoms. The van der Waals surface area contributed by atoms with Gasteiger partial charge in [-0.25, -0.2) is 0 Å². The topological polar surface area (TPSA) is 34.2 Å². The van der Waals surface area contributed by atoms with Gasteiger partial charge in [0.25, 0.3) is 0 Å². The summed E-state index contributed by atoms with van der Waals surface area (Å²) in [7, 11) is 2.29. The third-order valence-corrected chi connectivity index (χ3v) is 5.82. The van der Waals surface area contributed by atoms with Gasteiger partial charge in [-0.15, -0.1) is 0 Å². The monoisotopic (exact) mass is 307 g/mol. The molecule has 0 radical (unpaired) electrons. The Bertz CT molecular complexity index is 822. The first-order valence-electron chi connectivity index (χ1n) is 8.52. The highest BCUT2D eigenvalue weighted by Crippen LogP contribution is 2.40. The largest absolute Gasteiger partial charge is 0.464 e. The quantitative estimate of drug-likeness (QED) is 0.715. The van der Waals surface area contributed by atoms with Gasteiger partial charge < -0.3 is 9.32 Å². The molecule has 0 amide bonds. The molecule has 2 unspecified atom stereocenters. The molecule has 0 N–H and O–H groups in total. The van der Waals surface area contributed by atoms with Crippen molar-refractivity contribution in [1.29, 1.82) is 0 Å². The predicted octanol–water partition coefficient (Wildman–Crippen LogP) is 4.09. The van der Waals surface area contributed by atoms with Crippen LogP contribution in [-0.2, 0) is 0 Å². The van der Waals surface area contributed by atoms with Crippen LogP contribution >= 0.6 is 0 Å². The molecule has 0 spiro atoms. The summed E-state index contributed by atoms with van der Waals surface area (Å²) < 4.78 is 7.82. The van der Waals surface area contributed by atoms with E-state index in [1.165, 1.54) is 36.6 Å². The van der Waals surface area contributed by atoms with Gasteiger partial charge in [-0.2, -0.15) is 5.10 Å². The molecule has 4 heterocycles. The van der Waals surface area contributed by atoms with Crippen LogP contribution in [0.25, 0.3) is 22.2 Å². The number of fused-ring (bicyclic) bond motifs is 3. The van der Waals surface area contributed by atoms with E-state index >= 15 is 0 Å². The van der Waals surface area contributed by atoms with Crippen molar-refractivity contribution in [3.05, 3.63) is 42.8 Å². The van der Waals surface area contributed by atoms with Crippen LogP contribution in [-0.4, -0.2) is 33.8 Å². The molecule has 1 aromatic carbocycles. The Kier molecular flexibility index (Phi) is 2.89. The fraction of sp³-hybridized carbons (Fsp3) is 0.421. The number of benzene rings is 1. The number of nitrogens with zero attached hydrogens (tertiary/aromatic N) is 3. The first kappa shape index (κ1) is 13.4. The Morgan fingerprint density at radius 3 is 2.65 bits per heavy atom. The van der Waals surface area contributed by atoms with Crippen molar-refractivity contribution in [2.75, 3.05) is 7.05 Å². The zero-order chi connectivity index (χ0) is 15.4. The van der Waals surface area contributed by atoms with Gasteiger partial charge in [-0.1, -0.05) is 12.1 Å². The second-order valence-corrected chi connectivity index (χ2v) is 7.02. The molecule has 4 heteroatoms. The summed E-state index contributed by atoms with van der Waals surface area (Å²) in [4.78, 5) is 2.58. The van der Waals surface area contributed by atoms with Crippen LogP contribution in [0.5, 0.6) is 0 Å². The number of hydrogen-bond donors (Lipinski definition) is 0. The minimum atomic E-state index is 0.521. The standard InChI is InChI=1S/C19H21N3O/c1-21-15-6-7-16(21)11-17(10-15)22-18-9-13(19-3-2-8-23-19)4-5-14(18)12-20-22/h2-5,8-9,12,15-17H,6-7,10-11H2,1H3. The van der Waals surface area contributed by atoms with Gasteiger partial charge in [0.15, 0.2) is 0 Å². The third kappa shape index (κ3) is 2.05. The Balaban J connectivity index is 1.55. The maximum atomic E-state index is 5.55. The van der Waals surface area contributed by atoms with E-state index in [9.17, 15) is 0 Å². The van der Waals surface area contributed by atoms with Gasteiger partial charge in [-0.05, 0) is 50.9 Å². The predicted molar refractivity (Wildman–Crippen MR) is 90.3 cm³/mol. The zero-order valence-corrected chi connectivity index (χ0v) is 13.4. The summed E-state index contributed by atoms with van der Waals surface area (Å²) in [5.41, 5.74) is 2.35. The molecule has 2 fully saturated rings. The Hall–Kier alpha value is -2.07. The molecule has 2 saturated heterocycles. The third-order valence-electron chi connectivity index (χ3n) is 5.82. The summed E-state index contributed by atoms with van der Waals surface area (Å²) in [6, 6.07) is 12.4. The molecule has 2 aliphatic heterocycles. The van der Waals surface area contributed by atoms with E-state index in [0.717, 1.165) is 23.4 Å². The van der Waals surface area contributed by atoms with Crippen LogP contribution in [0.3, 0.4) is 0 Å². The number of piperidine rings is 1. The van der Waals surface area contributed by atoms with E-state index in [1.807, 2.05) is 18.3 Å². The lowest BCUT2D eigenvalue weighted by molar-refractivity contribution is 0.133. The van der Waals surface area contributed by atoms with E-state index < -0.39 is 0 Å². The minimum Gasteiger partial charge on any atom is -0.464 e. The molecular weight excluding hydrogens is 286 g/mol. The average Bonchev–Trinajstić information content (AvgIpc) is 3.26. The molecule has 118 valence electrons. The lowest BCUT2D eigenvalue weighted by atomic mass is 9.98. The lowest BCUT2D eigenvalue weighted by Gasteiger charge is -2.36. The van der Waals surface area contributed by atoms with E-state index in [0.29, 0.717) is 6.04 Å². The highest BCUT2D eigenvalue weighted by molar-refractivity contribution is 5.83. The summed E-state index contributed by atoms with van der Waals surface area (Å²) in [6.45, 7) is 0. The first-order chi connectivity index (χ1) is 11.3. The van der Waals surface area contributed by atoms with Crippen molar-refractivity contribution >= 4 is 10.9 Å².